The maximum Gasteiger partial charge on any atom is 0.313 e. The Balaban J connectivity index is 0. The van der Waals surface area contributed by atoms with Crippen molar-refractivity contribution in [1.82, 2.24) is 0 Å². The average molecular weight is 241 g/mol. The van der Waals surface area contributed by atoms with E-state index in [1.54, 1.807) is 20.8 Å². The van der Waals surface area contributed by atoms with E-state index in [-0.39, 0.29) is 42.6 Å². The van der Waals surface area contributed by atoms with E-state index in [1.165, 1.54) is 0 Å². The van der Waals surface area contributed by atoms with Gasteiger partial charge in [-0.2, -0.15) is 0 Å². The third-order valence-corrected chi connectivity index (χ3v) is 1.52. The van der Waals surface area contributed by atoms with Crippen LogP contribution in [0.1, 0.15) is 27.2 Å². The second kappa shape index (κ2) is 11.5. The van der Waals surface area contributed by atoms with Crippen LogP contribution in [0.2, 0.25) is 0 Å². The van der Waals surface area contributed by atoms with Crippen LogP contribution in [0.5, 0.6) is 0 Å². The second-order valence-corrected chi connectivity index (χ2v) is 2.69. The number of carbonyl (C=O) groups is 2. The molecule has 0 unspecified atom stereocenters. The predicted octanol–water partition coefficient (Wildman–Crippen LogP) is 0.527. The standard InChI is InChI=1S/C10H18O5.Na/c1-4-13-9(12)7-8(11)10(14-5-2)15-6-3;/h10H,4-7H2,1-3H3;. The first-order valence-corrected chi connectivity index (χ1v) is 5.07. The maximum atomic E-state index is 11.5. The summed E-state index contributed by atoms with van der Waals surface area (Å²) >= 11 is 0. The van der Waals surface area contributed by atoms with Gasteiger partial charge in [-0.3, -0.25) is 9.59 Å². The third-order valence-electron chi connectivity index (χ3n) is 1.52. The van der Waals surface area contributed by atoms with E-state index in [9.17, 15) is 9.59 Å². The molecule has 0 heterocycles. The van der Waals surface area contributed by atoms with Crippen molar-refractivity contribution in [2.24, 2.45) is 0 Å². The zero-order chi connectivity index (χ0) is 11.7. The van der Waals surface area contributed by atoms with Crippen molar-refractivity contribution in [3.63, 3.8) is 0 Å². The Kier molecular flexibility index (Phi) is 13.3. The molecule has 0 spiro atoms. The van der Waals surface area contributed by atoms with E-state index in [1.807, 2.05) is 0 Å². The Morgan fingerprint density at radius 1 is 1.00 bits per heavy atom. The second-order valence-electron chi connectivity index (χ2n) is 2.69. The van der Waals surface area contributed by atoms with Crippen LogP contribution in [0.25, 0.3) is 0 Å². The molecule has 0 atom stereocenters. The van der Waals surface area contributed by atoms with Gasteiger partial charge < -0.3 is 14.2 Å². The van der Waals surface area contributed by atoms with Crippen LogP contribution in [0.3, 0.4) is 0 Å². The summed E-state index contributed by atoms with van der Waals surface area (Å²) in [7, 11) is 0. The number of hydrogen-bond acceptors (Lipinski definition) is 5. The Morgan fingerprint density at radius 2 is 1.50 bits per heavy atom. The fraction of sp³-hybridized carbons (Fsp3) is 0.800. The molecule has 0 aliphatic carbocycles. The van der Waals surface area contributed by atoms with Crippen molar-refractivity contribution in [1.29, 1.82) is 0 Å². The van der Waals surface area contributed by atoms with Crippen LogP contribution in [0.4, 0.5) is 0 Å². The summed E-state index contributed by atoms with van der Waals surface area (Å²) in [6.45, 7) is 6.18. The quantitative estimate of drug-likeness (QED) is 0.268. The maximum absolute atomic E-state index is 11.5. The van der Waals surface area contributed by atoms with Crippen LogP contribution in [-0.4, -0.2) is 67.4 Å². The molecule has 0 N–H and O–H groups in total. The molecule has 89 valence electrons. The normalized spacial score (nSPS) is 9.75. The fourth-order valence-electron chi connectivity index (χ4n) is 0.974. The number of esters is 1. The minimum absolute atomic E-state index is 0. The van der Waals surface area contributed by atoms with Gasteiger partial charge in [-0.1, -0.05) is 0 Å². The van der Waals surface area contributed by atoms with Gasteiger partial charge in [0.15, 0.2) is 5.78 Å². The minimum Gasteiger partial charge on any atom is -0.466 e. The van der Waals surface area contributed by atoms with Crippen LogP contribution >= 0.6 is 0 Å². The summed E-state index contributed by atoms with van der Waals surface area (Å²) in [5, 5.41) is 0. The van der Waals surface area contributed by atoms with E-state index in [4.69, 9.17) is 9.47 Å². The first-order valence-electron chi connectivity index (χ1n) is 5.07. The van der Waals surface area contributed by atoms with Crippen molar-refractivity contribution >= 4 is 41.3 Å². The molecule has 0 aromatic carbocycles. The van der Waals surface area contributed by atoms with Gasteiger partial charge in [0, 0.05) is 42.8 Å². The minimum atomic E-state index is -0.954. The van der Waals surface area contributed by atoms with Crippen molar-refractivity contribution in [3.05, 3.63) is 0 Å². The van der Waals surface area contributed by atoms with E-state index in [2.05, 4.69) is 4.74 Å². The number of ether oxygens (including phenoxy) is 3. The predicted molar refractivity (Wildman–Crippen MR) is 59.1 cm³/mol. The number of Topliss-reactive ketones (excluding diaryl/α,β-unsaturated/α-hetero) is 1. The number of rotatable bonds is 8. The van der Waals surface area contributed by atoms with Crippen LogP contribution in [0.15, 0.2) is 0 Å². The first kappa shape index (κ1) is 18.4. The Morgan fingerprint density at radius 3 is 1.88 bits per heavy atom. The largest absolute Gasteiger partial charge is 0.466 e. The molecule has 1 radical (unpaired) electrons. The summed E-state index contributed by atoms with van der Waals surface area (Å²) in [5.41, 5.74) is 0. The SMILES string of the molecule is CCOC(=O)CC(=O)C(OCC)OCC.[Na]. The molecule has 0 saturated carbocycles. The molecule has 0 rings (SSSR count). The zero-order valence-electron chi connectivity index (χ0n) is 10.4. The molecule has 0 aliphatic heterocycles. The third kappa shape index (κ3) is 8.24. The van der Waals surface area contributed by atoms with Crippen LogP contribution in [-0.2, 0) is 23.8 Å². The van der Waals surface area contributed by atoms with Gasteiger partial charge in [0.1, 0.15) is 6.42 Å². The summed E-state index contributed by atoms with van der Waals surface area (Å²) in [6, 6.07) is 0. The Labute approximate surface area is 118 Å². The summed E-state index contributed by atoms with van der Waals surface area (Å²) in [4.78, 5) is 22.5. The molecule has 0 aliphatic rings. The molecule has 0 aromatic heterocycles. The fourth-order valence-corrected chi connectivity index (χ4v) is 0.974. The molecule has 0 amide bonds. The van der Waals surface area contributed by atoms with E-state index in [0.29, 0.717) is 13.2 Å². The van der Waals surface area contributed by atoms with E-state index < -0.39 is 18.0 Å². The molecule has 0 fully saturated rings. The number of ketones is 1. The summed E-state index contributed by atoms with van der Waals surface area (Å²) in [5.74, 6) is -0.955. The molecule has 5 nitrogen and oxygen atoms in total. The smallest absolute Gasteiger partial charge is 0.313 e. The van der Waals surface area contributed by atoms with Gasteiger partial charge >= 0.3 is 5.97 Å². The summed E-state index contributed by atoms with van der Waals surface area (Å²) in [6.07, 6.45) is -1.26. The topological polar surface area (TPSA) is 61.8 Å². The van der Waals surface area contributed by atoms with Crippen molar-refractivity contribution in [2.75, 3.05) is 19.8 Å². The number of hydrogen-bond donors (Lipinski definition) is 0. The molecule has 0 saturated heterocycles. The van der Waals surface area contributed by atoms with Crippen LogP contribution in [0, 0.1) is 0 Å². The van der Waals surface area contributed by atoms with Crippen molar-refractivity contribution in [2.45, 2.75) is 33.5 Å². The van der Waals surface area contributed by atoms with E-state index >= 15 is 0 Å². The van der Waals surface area contributed by atoms with Gasteiger partial charge in [-0.15, -0.1) is 0 Å². The van der Waals surface area contributed by atoms with Crippen molar-refractivity contribution in [3.8, 4) is 0 Å². The van der Waals surface area contributed by atoms with Crippen molar-refractivity contribution < 1.29 is 23.8 Å². The van der Waals surface area contributed by atoms with Gasteiger partial charge in [-0.25, -0.2) is 0 Å². The Bertz CT molecular complexity index is 201. The molecule has 6 heteroatoms. The van der Waals surface area contributed by atoms with Gasteiger partial charge in [0.25, 0.3) is 0 Å². The Hall–Kier alpha value is 0.0600. The molecular formula is C10H18NaO5. The summed E-state index contributed by atoms with van der Waals surface area (Å²) < 4.78 is 14.7. The van der Waals surface area contributed by atoms with Gasteiger partial charge in [0.2, 0.25) is 6.29 Å². The molecular weight excluding hydrogens is 223 g/mol. The van der Waals surface area contributed by atoms with Crippen LogP contribution < -0.4 is 0 Å². The molecule has 16 heavy (non-hydrogen) atoms. The van der Waals surface area contributed by atoms with Gasteiger partial charge in [-0.05, 0) is 20.8 Å². The van der Waals surface area contributed by atoms with Gasteiger partial charge in [0.05, 0.1) is 6.61 Å². The monoisotopic (exact) mass is 241 g/mol. The first-order chi connectivity index (χ1) is 7.15. The van der Waals surface area contributed by atoms with E-state index in [0.717, 1.165) is 0 Å². The number of carbonyl (C=O) groups excluding carboxylic acids is 2. The molecule has 0 aromatic rings. The molecule has 0 bridgehead atoms. The zero-order valence-corrected chi connectivity index (χ0v) is 12.4. The average Bonchev–Trinajstić information content (AvgIpc) is 2.17.